The van der Waals surface area contributed by atoms with Crippen LogP contribution in [0.1, 0.15) is 33.1 Å². The van der Waals surface area contributed by atoms with E-state index in [9.17, 15) is 0 Å². The van der Waals surface area contributed by atoms with E-state index in [0.717, 1.165) is 30.7 Å². The van der Waals surface area contributed by atoms with Gasteiger partial charge in [0, 0.05) is 18.2 Å². The number of hydrogen-bond acceptors (Lipinski definition) is 3. The minimum atomic E-state index is 0. The standard InChI is InChI=1S/C17H27N3O2.HI/c1-5-17(6-2)14(11-15(17)22-4)20-16(18)19-12-7-9-13(21-3)10-8-12;/h7-10,14-15H,5-6,11H2,1-4H3,(H3,18,19,20);1H. The van der Waals surface area contributed by atoms with Crippen LogP contribution in [0.25, 0.3) is 0 Å². The van der Waals surface area contributed by atoms with Gasteiger partial charge in [-0.2, -0.15) is 0 Å². The van der Waals surface area contributed by atoms with Gasteiger partial charge in [0.15, 0.2) is 5.96 Å². The maximum Gasteiger partial charge on any atom is 0.193 e. The third-order valence-electron chi connectivity index (χ3n) is 5.00. The predicted molar refractivity (Wildman–Crippen MR) is 106 cm³/mol. The summed E-state index contributed by atoms with van der Waals surface area (Å²) in [6.07, 6.45) is 3.31. The topological polar surface area (TPSA) is 68.9 Å². The first-order valence-electron chi connectivity index (χ1n) is 7.86. The number of benzene rings is 1. The van der Waals surface area contributed by atoms with E-state index in [-0.39, 0.29) is 41.5 Å². The van der Waals surface area contributed by atoms with Crippen molar-refractivity contribution in [3.8, 4) is 5.75 Å². The highest BCUT2D eigenvalue weighted by molar-refractivity contribution is 14.0. The number of anilines is 1. The lowest BCUT2D eigenvalue weighted by molar-refractivity contribution is -0.111. The minimum Gasteiger partial charge on any atom is -0.497 e. The zero-order chi connectivity index (χ0) is 16.2. The van der Waals surface area contributed by atoms with Crippen LogP contribution >= 0.6 is 24.0 Å². The summed E-state index contributed by atoms with van der Waals surface area (Å²) in [5, 5.41) is 3.14. The van der Waals surface area contributed by atoms with Crippen molar-refractivity contribution in [2.24, 2.45) is 16.1 Å². The Hall–Kier alpha value is -1.02. The second kappa shape index (κ2) is 8.73. The molecule has 0 heterocycles. The van der Waals surface area contributed by atoms with Crippen LogP contribution in [0.4, 0.5) is 5.69 Å². The fraction of sp³-hybridized carbons (Fsp3) is 0.588. The van der Waals surface area contributed by atoms with Crippen molar-refractivity contribution in [3.05, 3.63) is 24.3 Å². The van der Waals surface area contributed by atoms with Crippen LogP contribution in [0.15, 0.2) is 29.3 Å². The highest BCUT2D eigenvalue weighted by atomic mass is 127. The largest absolute Gasteiger partial charge is 0.497 e. The van der Waals surface area contributed by atoms with E-state index in [0.29, 0.717) is 5.96 Å². The molecule has 0 spiro atoms. The molecule has 1 aliphatic carbocycles. The molecule has 1 aromatic carbocycles. The van der Waals surface area contributed by atoms with Crippen molar-refractivity contribution in [2.75, 3.05) is 19.5 Å². The van der Waals surface area contributed by atoms with Gasteiger partial charge in [0.25, 0.3) is 0 Å². The molecule has 1 saturated carbocycles. The van der Waals surface area contributed by atoms with Crippen molar-refractivity contribution in [3.63, 3.8) is 0 Å². The average Bonchev–Trinajstić information content (AvgIpc) is 2.53. The summed E-state index contributed by atoms with van der Waals surface area (Å²) < 4.78 is 10.7. The van der Waals surface area contributed by atoms with Gasteiger partial charge in [-0.3, -0.25) is 0 Å². The number of nitrogens with two attached hydrogens (primary N) is 1. The van der Waals surface area contributed by atoms with E-state index in [1.165, 1.54) is 0 Å². The highest BCUT2D eigenvalue weighted by Crippen LogP contribution is 2.50. The van der Waals surface area contributed by atoms with Gasteiger partial charge in [0.2, 0.25) is 0 Å². The number of rotatable bonds is 6. The molecule has 0 aromatic heterocycles. The van der Waals surface area contributed by atoms with Gasteiger partial charge < -0.3 is 20.5 Å². The summed E-state index contributed by atoms with van der Waals surface area (Å²) in [5.74, 6) is 1.27. The molecular formula is C17H28IN3O2. The molecule has 2 unspecified atom stereocenters. The highest BCUT2D eigenvalue weighted by Gasteiger charge is 2.53. The molecule has 130 valence electrons. The first-order chi connectivity index (χ1) is 10.6. The van der Waals surface area contributed by atoms with Crippen LogP contribution in [0.5, 0.6) is 5.75 Å². The van der Waals surface area contributed by atoms with Crippen LogP contribution in [0.2, 0.25) is 0 Å². The lowest BCUT2D eigenvalue weighted by atomic mass is 9.59. The molecule has 3 N–H and O–H groups in total. The molecule has 2 atom stereocenters. The summed E-state index contributed by atoms with van der Waals surface area (Å²) >= 11 is 0. The van der Waals surface area contributed by atoms with Crippen LogP contribution in [-0.2, 0) is 4.74 Å². The molecule has 1 fully saturated rings. The monoisotopic (exact) mass is 433 g/mol. The number of halogens is 1. The van der Waals surface area contributed by atoms with Crippen LogP contribution in [-0.4, -0.2) is 32.3 Å². The molecule has 1 aromatic rings. The third kappa shape index (κ3) is 4.09. The fourth-order valence-corrected chi connectivity index (χ4v) is 3.44. The average molecular weight is 433 g/mol. The van der Waals surface area contributed by atoms with E-state index in [1.54, 1.807) is 14.2 Å². The van der Waals surface area contributed by atoms with Gasteiger partial charge in [-0.25, -0.2) is 4.99 Å². The number of methoxy groups -OCH3 is 2. The molecule has 6 heteroatoms. The molecule has 23 heavy (non-hydrogen) atoms. The Labute approximate surface area is 156 Å². The Bertz CT molecular complexity index is 515. The Kier molecular flexibility index (Phi) is 7.60. The van der Waals surface area contributed by atoms with Crippen molar-refractivity contribution < 1.29 is 9.47 Å². The van der Waals surface area contributed by atoms with E-state index in [2.05, 4.69) is 24.2 Å². The maximum absolute atomic E-state index is 6.07. The first-order valence-corrected chi connectivity index (χ1v) is 7.86. The first kappa shape index (κ1) is 20.0. The molecular weight excluding hydrogens is 405 g/mol. The molecule has 0 bridgehead atoms. The molecule has 0 aliphatic heterocycles. The zero-order valence-electron chi connectivity index (χ0n) is 14.3. The fourth-order valence-electron chi connectivity index (χ4n) is 3.44. The Balaban J connectivity index is 0.00000264. The second-order valence-corrected chi connectivity index (χ2v) is 5.78. The number of nitrogens with zero attached hydrogens (tertiary/aromatic N) is 1. The van der Waals surface area contributed by atoms with Crippen LogP contribution in [0, 0.1) is 5.41 Å². The smallest absolute Gasteiger partial charge is 0.193 e. The summed E-state index contributed by atoms with van der Waals surface area (Å²) in [6.45, 7) is 4.40. The number of nitrogens with one attached hydrogen (secondary N) is 1. The Morgan fingerprint density at radius 1 is 1.26 bits per heavy atom. The zero-order valence-corrected chi connectivity index (χ0v) is 16.7. The minimum absolute atomic E-state index is 0. The molecule has 5 nitrogen and oxygen atoms in total. The summed E-state index contributed by atoms with van der Waals surface area (Å²) in [5.41, 5.74) is 7.09. The van der Waals surface area contributed by atoms with Crippen molar-refractivity contribution >= 4 is 35.6 Å². The van der Waals surface area contributed by atoms with E-state index in [1.807, 2.05) is 24.3 Å². The third-order valence-corrected chi connectivity index (χ3v) is 5.00. The van der Waals surface area contributed by atoms with Crippen LogP contribution < -0.4 is 15.8 Å². The number of aliphatic imine (C=N–C) groups is 1. The van der Waals surface area contributed by atoms with Crippen molar-refractivity contribution in [1.29, 1.82) is 0 Å². The molecule has 0 amide bonds. The normalized spacial score (nSPS) is 22.7. The quantitative estimate of drug-likeness (QED) is 0.409. The Morgan fingerprint density at radius 3 is 2.35 bits per heavy atom. The van der Waals surface area contributed by atoms with E-state index < -0.39 is 0 Å². The van der Waals surface area contributed by atoms with Gasteiger partial charge in [-0.15, -0.1) is 24.0 Å². The van der Waals surface area contributed by atoms with Gasteiger partial charge >= 0.3 is 0 Å². The predicted octanol–water partition coefficient (Wildman–Crippen LogP) is 3.63. The van der Waals surface area contributed by atoms with Crippen LogP contribution in [0.3, 0.4) is 0 Å². The molecule has 2 rings (SSSR count). The van der Waals surface area contributed by atoms with Crippen molar-refractivity contribution in [1.82, 2.24) is 0 Å². The van der Waals surface area contributed by atoms with Gasteiger partial charge in [-0.05, 0) is 43.5 Å². The molecule has 0 saturated heterocycles. The van der Waals surface area contributed by atoms with E-state index >= 15 is 0 Å². The van der Waals surface area contributed by atoms with Crippen molar-refractivity contribution in [2.45, 2.75) is 45.3 Å². The number of hydrogen-bond donors (Lipinski definition) is 2. The summed E-state index contributed by atoms with van der Waals surface area (Å²) in [6, 6.07) is 7.85. The summed E-state index contributed by atoms with van der Waals surface area (Å²) in [7, 11) is 3.43. The van der Waals surface area contributed by atoms with Gasteiger partial charge in [0.05, 0.1) is 19.3 Å². The summed E-state index contributed by atoms with van der Waals surface area (Å²) in [4.78, 5) is 4.69. The number of ether oxygens (including phenoxy) is 2. The van der Waals surface area contributed by atoms with Gasteiger partial charge in [-0.1, -0.05) is 13.8 Å². The Morgan fingerprint density at radius 2 is 1.87 bits per heavy atom. The lowest BCUT2D eigenvalue weighted by Crippen LogP contribution is -2.57. The number of guanidine groups is 1. The lowest BCUT2D eigenvalue weighted by Gasteiger charge is -2.53. The SMILES string of the molecule is CCC1(CC)C(N=C(N)Nc2ccc(OC)cc2)CC1OC.I. The molecule has 0 radical (unpaired) electrons. The van der Waals surface area contributed by atoms with E-state index in [4.69, 9.17) is 15.2 Å². The molecule has 1 aliphatic rings. The van der Waals surface area contributed by atoms with Gasteiger partial charge in [0.1, 0.15) is 5.75 Å². The second-order valence-electron chi connectivity index (χ2n) is 5.78. The maximum atomic E-state index is 6.07.